The van der Waals surface area contributed by atoms with Crippen LogP contribution in [0.1, 0.15) is 24.2 Å². The van der Waals surface area contributed by atoms with E-state index in [4.69, 9.17) is 0 Å². The molecule has 2 N–H and O–H groups in total. The number of carbonyl (C=O) groups is 2. The number of aromatic nitrogens is 2. The van der Waals surface area contributed by atoms with E-state index in [-0.39, 0.29) is 17.7 Å². The van der Waals surface area contributed by atoms with Crippen molar-refractivity contribution in [2.24, 2.45) is 5.92 Å². The topological polar surface area (TPSA) is 78.1 Å². The van der Waals surface area contributed by atoms with Gasteiger partial charge in [-0.25, -0.2) is 4.98 Å². The summed E-state index contributed by atoms with van der Waals surface area (Å²) in [6, 6.07) is 15.4. The molecule has 2 aromatic carbocycles. The lowest BCUT2D eigenvalue weighted by molar-refractivity contribution is -0.130. The number of likely N-dealkylation sites (tertiary alicyclic amines) is 1. The summed E-state index contributed by atoms with van der Waals surface area (Å²) >= 11 is 0. The van der Waals surface area contributed by atoms with Gasteiger partial charge in [-0.2, -0.15) is 0 Å². The third kappa shape index (κ3) is 4.54. The largest absolute Gasteiger partial charge is 0.342 e. The molecule has 148 valence electrons. The summed E-state index contributed by atoms with van der Waals surface area (Å²) in [4.78, 5) is 34.4. The maximum atomic E-state index is 12.6. The lowest BCUT2D eigenvalue weighted by Gasteiger charge is -2.30. The molecule has 0 spiro atoms. The van der Waals surface area contributed by atoms with Crippen molar-refractivity contribution >= 4 is 34.6 Å². The van der Waals surface area contributed by atoms with Gasteiger partial charge >= 0.3 is 0 Å². The first-order chi connectivity index (χ1) is 14.1. The van der Waals surface area contributed by atoms with E-state index >= 15 is 0 Å². The standard InChI is InChI=1S/C23H24N4O2/c1-16-24-20-9-8-19(15-21(20)25-16)26-23(29)18-11-13-27(14-12-18)22(28)10-7-17-5-3-2-4-6-17/h2-10,15,18H,11-14H2,1H3,(H,24,25)(H,26,29)/b10-7+. The first kappa shape index (κ1) is 18.9. The number of aromatic amines is 1. The van der Waals surface area contributed by atoms with Crippen molar-refractivity contribution in [1.82, 2.24) is 14.9 Å². The zero-order valence-corrected chi connectivity index (χ0v) is 16.4. The van der Waals surface area contributed by atoms with Gasteiger partial charge in [-0.1, -0.05) is 30.3 Å². The van der Waals surface area contributed by atoms with Crippen molar-refractivity contribution in [3.8, 4) is 0 Å². The maximum Gasteiger partial charge on any atom is 0.246 e. The number of aryl methyl sites for hydroxylation is 1. The third-order valence-electron chi connectivity index (χ3n) is 5.26. The van der Waals surface area contributed by atoms with E-state index in [0.29, 0.717) is 25.9 Å². The molecule has 1 fully saturated rings. The normalized spacial score (nSPS) is 15.1. The third-order valence-corrected chi connectivity index (χ3v) is 5.26. The quantitative estimate of drug-likeness (QED) is 0.668. The highest BCUT2D eigenvalue weighted by Crippen LogP contribution is 2.22. The Balaban J connectivity index is 1.30. The molecule has 3 aromatic rings. The lowest BCUT2D eigenvalue weighted by atomic mass is 9.95. The summed E-state index contributed by atoms with van der Waals surface area (Å²) in [6.45, 7) is 3.09. The van der Waals surface area contributed by atoms with Gasteiger partial charge in [-0.15, -0.1) is 0 Å². The molecule has 1 aliphatic heterocycles. The number of hydrogen-bond donors (Lipinski definition) is 2. The van der Waals surface area contributed by atoms with Crippen LogP contribution in [-0.4, -0.2) is 39.8 Å². The summed E-state index contributed by atoms with van der Waals surface area (Å²) in [5.74, 6) is 0.762. The summed E-state index contributed by atoms with van der Waals surface area (Å²) in [7, 11) is 0. The second-order valence-corrected chi connectivity index (χ2v) is 7.39. The van der Waals surface area contributed by atoms with Gasteiger partial charge in [0, 0.05) is 30.8 Å². The molecule has 1 aromatic heterocycles. The molecule has 0 saturated carbocycles. The molecule has 0 radical (unpaired) electrons. The van der Waals surface area contributed by atoms with Crippen LogP contribution < -0.4 is 5.32 Å². The lowest BCUT2D eigenvalue weighted by Crippen LogP contribution is -2.40. The average molecular weight is 388 g/mol. The minimum Gasteiger partial charge on any atom is -0.342 e. The van der Waals surface area contributed by atoms with Crippen molar-refractivity contribution < 1.29 is 9.59 Å². The molecule has 0 atom stereocenters. The smallest absolute Gasteiger partial charge is 0.246 e. The van der Waals surface area contributed by atoms with Gasteiger partial charge in [-0.3, -0.25) is 9.59 Å². The number of H-pyrrole nitrogens is 1. The van der Waals surface area contributed by atoms with Gasteiger partial charge in [0.05, 0.1) is 11.0 Å². The number of fused-ring (bicyclic) bond motifs is 1. The fourth-order valence-corrected chi connectivity index (χ4v) is 3.66. The minimum atomic E-state index is -0.0867. The molecule has 6 nitrogen and oxygen atoms in total. The fraction of sp³-hybridized carbons (Fsp3) is 0.261. The molecule has 1 saturated heterocycles. The summed E-state index contributed by atoms with van der Waals surface area (Å²) in [6.07, 6.45) is 4.77. The van der Waals surface area contributed by atoms with Crippen molar-refractivity contribution in [3.63, 3.8) is 0 Å². The molecular formula is C23H24N4O2. The summed E-state index contributed by atoms with van der Waals surface area (Å²) < 4.78 is 0. The highest BCUT2D eigenvalue weighted by molar-refractivity contribution is 5.95. The Bertz CT molecular complexity index is 1050. The van der Waals surface area contributed by atoms with Crippen molar-refractivity contribution in [3.05, 3.63) is 66.0 Å². The van der Waals surface area contributed by atoms with E-state index in [1.807, 2.05) is 66.4 Å². The monoisotopic (exact) mass is 388 g/mol. The van der Waals surface area contributed by atoms with Crippen LogP contribution in [-0.2, 0) is 9.59 Å². The van der Waals surface area contributed by atoms with Gasteiger partial charge in [0.15, 0.2) is 0 Å². The van der Waals surface area contributed by atoms with Crippen LogP contribution in [0.5, 0.6) is 0 Å². The number of amides is 2. The summed E-state index contributed by atoms with van der Waals surface area (Å²) in [5, 5.41) is 3.00. The van der Waals surface area contributed by atoms with Gasteiger partial charge < -0.3 is 15.2 Å². The number of benzene rings is 2. The fourth-order valence-electron chi connectivity index (χ4n) is 3.66. The minimum absolute atomic E-state index is 0.00669. The van der Waals surface area contributed by atoms with Crippen molar-refractivity contribution in [2.45, 2.75) is 19.8 Å². The number of carbonyl (C=O) groups excluding carboxylic acids is 2. The molecule has 6 heteroatoms. The Hall–Kier alpha value is -3.41. The zero-order chi connectivity index (χ0) is 20.2. The Kier molecular flexibility index (Phi) is 5.42. The summed E-state index contributed by atoms with van der Waals surface area (Å²) in [5.41, 5.74) is 3.55. The van der Waals surface area contributed by atoms with Crippen molar-refractivity contribution in [2.75, 3.05) is 18.4 Å². The highest BCUT2D eigenvalue weighted by Gasteiger charge is 2.26. The number of nitrogens with one attached hydrogen (secondary N) is 2. The van der Waals surface area contributed by atoms with E-state index in [1.54, 1.807) is 6.08 Å². The molecule has 29 heavy (non-hydrogen) atoms. The van der Waals surface area contributed by atoms with E-state index in [1.165, 1.54) is 0 Å². The molecule has 2 heterocycles. The molecule has 0 bridgehead atoms. The first-order valence-corrected chi connectivity index (χ1v) is 9.88. The van der Waals surface area contributed by atoms with Crippen LogP contribution in [0.4, 0.5) is 5.69 Å². The molecular weight excluding hydrogens is 364 g/mol. The van der Waals surface area contributed by atoms with Crippen LogP contribution in [0.2, 0.25) is 0 Å². The molecule has 4 rings (SSSR count). The Morgan fingerprint density at radius 1 is 1.14 bits per heavy atom. The van der Waals surface area contributed by atoms with Crippen molar-refractivity contribution in [1.29, 1.82) is 0 Å². The number of anilines is 1. The van der Waals surface area contributed by atoms with E-state index in [0.717, 1.165) is 28.1 Å². The first-order valence-electron chi connectivity index (χ1n) is 9.88. The highest BCUT2D eigenvalue weighted by atomic mass is 16.2. The Labute approximate surface area is 169 Å². The predicted molar refractivity (Wildman–Crippen MR) is 114 cm³/mol. The second-order valence-electron chi connectivity index (χ2n) is 7.39. The number of imidazole rings is 1. The van der Waals surface area contributed by atoms with Crippen LogP contribution in [0, 0.1) is 12.8 Å². The maximum absolute atomic E-state index is 12.6. The van der Waals surface area contributed by atoms with Crippen LogP contribution >= 0.6 is 0 Å². The zero-order valence-electron chi connectivity index (χ0n) is 16.4. The van der Waals surface area contributed by atoms with Gasteiger partial charge in [-0.05, 0) is 49.6 Å². The second kappa shape index (κ2) is 8.31. The van der Waals surface area contributed by atoms with E-state index in [9.17, 15) is 9.59 Å². The number of piperidine rings is 1. The van der Waals surface area contributed by atoms with Crippen LogP contribution in [0.25, 0.3) is 17.1 Å². The Morgan fingerprint density at radius 2 is 1.90 bits per heavy atom. The molecule has 0 aliphatic carbocycles. The average Bonchev–Trinajstić information content (AvgIpc) is 3.12. The SMILES string of the molecule is Cc1nc2ccc(NC(=O)C3CCN(C(=O)/C=C/c4ccccc4)CC3)cc2[nH]1. The Morgan fingerprint density at radius 3 is 2.66 bits per heavy atom. The van der Waals surface area contributed by atoms with Gasteiger partial charge in [0.2, 0.25) is 11.8 Å². The number of hydrogen-bond acceptors (Lipinski definition) is 3. The molecule has 1 aliphatic rings. The molecule has 2 amide bonds. The van der Waals surface area contributed by atoms with E-state index < -0.39 is 0 Å². The van der Waals surface area contributed by atoms with Crippen LogP contribution in [0.3, 0.4) is 0 Å². The van der Waals surface area contributed by atoms with Crippen LogP contribution in [0.15, 0.2) is 54.6 Å². The molecule has 0 unspecified atom stereocenters. The number of nitrogens with zero attached hydrogens (tertiary/aromatic N) is 2. The van der Waals surface area contributed by atoms with E-state index in [2.05, 4.69) is 15.3 Å². The van der Waals surface area contributed by atoms with Gasteiger partial charge in [0.25, 0.3) is 0 Å². The number of rotatable bonds is 4. The predicted octanol–water partition coefficient (Wildman–Crippen LogP) is 3.76. The van der Waals surface area contributed by atoms with Gasteiger partial charge in [0.1, 0.15) is 5.82 Å².